The molecule has 3 aromatic rings. The van der Waals surface area contributed by atoms with Crippen molar-refractivity contribution < 1.29 is 4.79 Å². The molecule has 0 unspecified atom stereocenters. The summed E-state index contributed by atoms with van der Waals surface area (Å²) in [6.07, 6.45) is 0. The van der Waals surface area contributed by atoms with Crippen LogP contribution in [0.15, 0.2) is 60.7 Å². The minimum atomic E-state index is -0.251. The largest absolute Gasteiger partial charge is 0.321 e. The molecular formula is C18H14N4O. The molecule has 1 heterocycles. The van der Waals surface area contributed by atoms with Gasteiger partial charge in [0.1, 0.15) is 5.69 Å². The van der Waals surface area contributed by atoms with Crippen molar-refractivity contribution in [3.63, 3.8) is 0 Å². The number of carbonyl (C=O) groups excluding carboxylic acids is 1. The Morgan fingerprint density at radius 2 is 1.83 bits per heavy atom. The van der Waals surface area contributed by atoms with Crippen LogP contribution < -0.4 is 5.32 Å². The van der Waals surface area contributed by atoms with Gasteiger partial charge in [0.25, 0.3) is 5.91 Å². The van der Waals surface area contributed by atoms with Gasteiger partial charge in [-0.2, -0.15) is 10.4 Å². The van der Waals surface area contributed by atoms with Crippen LogP contribution in [0.5, 0.6) is 0 Å². The lowest BCUT2D eigenvalue weighted by Crippen LogP contribution is -2.16. The van der Waals surface area contributed by atoms with E-state index in [1.807, 2.05) is 43.3 Å². The van der Waals surface area contributed by atoms with E-state index in [2.05, 4.69) is 10.4 Å². The summed E-state index contributed by atoms with van der Waals surface area (Å²) >= 11 is 0. The van der Waals surface area contributed by atoms with Crippen LogP contribution in [0.25, 0.3) is 5.69 Å². The number of rotatable bonds is 3. The van der Waals surface area contributed by atoms with Gasteiger partial charge in [0.2, 0.25) is 0 Å². The lowest BCUT2D eigenvalue weighted by molar-refractivity contribution is 0.101. The number of hydrogen-bond acceptors (Lipinski definition) is 3. The molecule has 1 aromatic heterocycles. The summed E-state index contributed by atoms with van der Waals surface area (Å²) in [7, 11) is 0. The molecule has 0 aliphatic heterocycles. The number of aromatic nitrogens is 2. The Balaban J connectivity index is 1.89. The molecule has 0 spiro atoms. The maximum absolute atomic E-state index is 12.5. The summed E-state index contributed by atoms with van der Waals surface area (Å²) in [4.78, 5) is 12.5. The zero-order chi connectivity index (χ0) is 16.2. The van der Waals surface area contributed by atoms with Gasteiger partial charge in [-0.05, 0) is 49.4 Å². The first-order valence-electron chi connectivity index (χ1n) is 7.11. The van der Waals surface area contributed by atoms with E-state index in [1.165, 1.54) is 0 Å². The Kier molecular flexibility index (Phi) is 3.89. The molecule has 0 radical (unpaired) electrons. The molecule has 5 nitrogen and oxygen atoms in total. The lowest BCUT2D eigenvalue weighted by atomic mass is 10.2. The van der Waals surface area contributed by atoms with Crippen molar-refractivity contribution in [1.29, 1.82) is 5.26 Å². The number of benzene rings is 2. The van der Waals surface area contributed by atoms with Gasteiger partial charge in [-0.1, -0.05) is 18.2 Å². The van der Waals surface area contributed by atoms with Crippen LogP contribution in [0.3, 0.4) is 0 Å². The van der Waals surface area contributed by atoms with Gasteiger partial charge in [0, 0.05) is 5.69 Å². The number of para-hydroxylation sites is 1. The minimum Gasteiger partial charge on any atom is -0.321 e. The van der Waals surface area contributed by atoms with Gasteiger partial charge in [-0.15, -0.1) is 0 Å². The predicted octanol–water partition coefficient (Wildman–Crippen LogP) is 3.30. The van der Waals surface area contributed by atoms with Gasteiger partial charge in [0.05, 0.1) is 23.0 Å². The van der Waals surface area contributed by atoms with Crippen molar-refractivity contribution in [2.24, 2.45) is 0 Å². The highest BCUT2D eigenvalue weighted by molar-refractivity contribution is 6.03. The molecule has 0 bridgehead atoms. The Bertz CT molecular complexity index is 874. The first-order valence-corrected chi connectivity index (χ1v) is 7.11. The van der Waals surface area contributed by atoms with E-state index >= 15 is 0 Å². The first kappa shape index (κ1) is 14.5. The van der Waals surface area contributed by atoms with E-state index in [0.717, 1.165) is 11.4 Å². The van der Waals surface area contributed by atoms with Crippen molar-refractivity contribution in [3.05, 3.63) is 77.6 Å². The monoisotopic (exact) mass is 302 g/mol. The third-order valence-electron chi connectivity index (χ3n) is 3.34. The maximum atomic E-state index is 12.5. The van der Waals surface area contributed by atoms with Gasteiger partial charge >= 0.3 is 0 Å². The van der Waals surface area contributed by atoms with Crippen LogP contribution in [-0.4, -0.2) is 15.7 Å². The van der Waals surface area contributed by atoms with Crippen LogP contribution in [-0.2, 0) is 0 Å². The third-order valence-corrected chi connectivity index (χ3v) is 3.34. The summed E-state index contributed by atoms with van der Waals surface area (Å²) in [6.45, 7) is 1.85. The highest BCUT2D eigenvalue weighted by Gasteiger charge is 2.15. The Morgan fingerprint density at radius 3 is 2.48 bits per heavy atom. The highest BCUT2D eigenvalue weighted by atomic mass is 16.2. The van der Waals surface area contributed by atoms with Gasteiger partial charge < -0.3 is 5.32 Å². The second kappa shape index (κ2) is 6.16. The summed E-state index contributed by atoms with van der Waals surface area (Å²) in [5.74, 6) is -0.251. The van der Waals surface area contributed by atoms with Gasteiger partial charge in [-0.25, -0.2) is 4.68 Å². The standard InChI is InChI=1S/C18H14N4O/c1-13-11-17(22(21-13)16-5-3-2-4-6-16)18(23)20-15-9-7-14(12-19)8-10-15/h2-11H,1H3,(H,20,23). The topological polar surface area (TPSA) is 70.7 Å². The molecular weight excluding hydrogens is 288 g/mol. The van der Waals surface area contributed by atoms with E-state index in [4.69, 9.17) is 5.26 Å². The van der Waals surface area contributed by atoms with E-state index in [0.29, 0.717) is 16.9 Å². The molecule has 0 fully saturated rings. The smallest absolute Gasteiger partial charge is 0.274 e. The van der Waals surface area contributed by atoms with E-state index in [1.54, 1.807) is 35.0 Å². The fraction of sp³-hybridized carbons (Fsp3) is 0.0556. The van der Waals surface area contributed by atoms with Crippen LogP contribution in [0, 0.1) is 18.3 Å². The second-order valence-electron chi connectivity index (χ2n) is 5.06. The Labute approximate surface area is 133 Å². The number of aryl methyl sites for hydroxylation is 1. The van der Waals surface area contributed by atoms with E-state index < -0.39 is 0 Å². The summed E-state index contributed by atoms with van der Waals surface area (Å²) < 4.78 is 1.62. The molecule has 0 aliphatic carbocycles. The number of amides is 1. The Hall–Kier alpha value is -3.39. The number of nitrogens with zero attached hydrogens (tertiary/aromatic N) is 3. The summed E-state index contributed by atoms with van der Waals surface area (Å²) in [5.41, 5.74) is 3.23. The number of hydrogen-bond donors (Lipinski definition) is 1. The predicted molar refractivity (Wildman–Crippen MR) is 87.4 cm³/mol. The number of carbonyl (C=O) groups is 1. The zero-order valence-electron chi connectivity index (χ0n) is 12.5. The molecule has 1 N–H and O–H groups in total. The molecule has 2 aromatic carbocycles. The van der Waals surface area contributed by atoms with Crippen molar-refractivity contribution in [2.45, 2.75) is 6.92 Å². The van der Waals surface area contributed by atoms with Crippen molar-refractivity contribution >= 4 is 11.6 Å². The summed E-state index contributed by atoms with van der Waals surface area (Å²) in [6, 6.07) is 20.0. The SMILES string of the molecule is Cc1cc(C(=O)Nc2ccc(C#N)cc2)n(-c2ccccc2)n1. The summed E-state index contributed by atoms with van der Waals surface area (Å²) in [5, 5.41) is 16.0. The quantitative estimate of drug-likeness (QED) is 0.807. The number of nitrogens with one attached hydrogen (secondary N) is 1. The van der Waals surface area contributed by atoms with Crippen LogP contribution in [0.1, 0.15) is 21.7 Å². The molecule has 5 heteroatoms. The third kappa shape index (κ3) is 3.11. The van der Waals surface area contributed by atoms with E-state index in [-0.39, 0.29) is 5.91 Å². The van der Waals surface area contributed by atoms with E-state index in [9.17, 15) is 4.79 Å². The molecule has 0 saturated heterocycles. The molecule has 3 rings (SSSR count). The van der Waals surface area contributed by atoms with Crippen molar-refractivity contribution in [1.82, 2.24) is 9.78 Å². The molecule has 1 amide bonds. The average Bonchev–Trinajstić information content (AvgIpc) is 2.98. The van der Waals surface area contributed by atoms with Gasteiger partial charge in [-0.3, -0.25) is 4.79 Å². The second-order valence-corrected chi connectivity index (χ2v) is 5.06. The van der Waals surface area contributed by atoms with Crippen LogP contribution >= 0.6 is 0 Å². The fourth-order valence-electron chi connectivity index (χ4n) is 2.25. The fourth-order valence-corrected chi connectivity index (χ4v) is 2.25. The molecule has 23 heavy (non-hydrogen) atoms. The highest BCUT2D eigenvalue weighted by Crippen LogP contribution is 2.15. The van der Waals surface area contributed by atoms with Gasteiger partial charge in [0.15, 0.2) is 0 Å². The molecule has 0 saturated carbocycles. The zero-order valence-corrected chi connectivity index (χ0v) is 12.5. The average molecular weight is 302 g/mol. The lowest BCUT2D eigenvalue weighted by Gasteiger charge is -2.08. The van der Waals surface area contributed by atoms with Crippen LogP contribution in [0.2, 0.25) is 0 Å². The van der Waals surface area contributed by atoms with Crippen molar-refractivity contribution in [3.8, 4) is 11.8 Å². The number of nitriles is 1. The minimum absolute atomic E-state index is 0.251. The number of anilines is 1. The van der Waals surface area contributed by atoms with Crippen LogP contribution in [0.4, 0.5) is 5.69 Å². The molecule has 0 aliphatic rings. The Morgan fingerprint density at radius 1 is 1.13 bits per heavy atom. The maximum Gasteiger partial charge on any atom is 0.274 e. The molecule has 0 atom stereocenters. The first-order chi connectivity index (χ1) is 11.2. The van der Waals surface area contributed by atoms with Crippen molar-refractivity contribution in [2.75, 3.05) is 5.32 Å². The molecule has 112 valence electrons. The normalized spacial score (nSPS) is 10.1.